The number of fused-ring (bicyclic) bond motifs is 1. The highest BCUT2D eigenvalue weighted by Crippen LogP contribution is 2.29. The Morgan fingerprint density at radius 3 is 2.69 bits per heavy atom. The molecule has 4 nitrogen and oxygen atoms in total. The van der Waals surface area contributed by atoms with Gasteiger partial charge in [-0.05, 0) is 54.5 Å². The summed E-state index contributed by atoms with van der Waals surface area (Å²) in [7, 11) is 0. The molecule has 2 atom stereocenters. The number of rotatable bonds is 7. The molecule has 0 amide bonds. The molecule has 26 heavy (non-hydrogen) atoms. The molecule has 1 aliphatic carbocycles. The van der Waals surface area contributed by atoms with E-state index in [0.29, 0.717) is 18.6 Å². The maximum absolute atomic E-state index is 11.5. The summed E-state index contributed by atoms with van der Waals surface area (Å²) in [6.45, 7) is 5.30. The minimum atomic E-state index is -0.332. The van der Waals surface area contributed by atoms with Crippen molar-refractivity contribution in [3.63, 3.8) is 0 Å². The van der Waals surface area contributed by atoms with Crippen molar-refractivity contribution >= 4 is 5.97 Å². The number of ether oxygens (including phenoxy) is 2. The average Bonchev–Trinajstić information content (AvgIpc) is 2.66. The number of hydrogen-bond donors (Lipinski definition) is 1. The number of carbonyl (C=O) groups is 1. The molecule has 0 aliphatic heterocycles. The van der Waals surface area contributed by atoms with Crippen LogP contribution in [-0.2, 0) is 28.9 Å². The van der Waals surface area contributed by atoms with Crippen molar-refractivity contribution in [2.24, 2.45) is 5.92 Å². The van der Waals surface area contributed by atoms with Crippen LogP contribution in [0.1, 0.15) is 30.5 Å². The van der Waals surface area contributed by atoms with Crippen molar-refractivity contribution in [2.45, 2.75) is 39.3 Å². The van der Waals surface area contributed by atoms with E-state index < -0.39 is 0 Å². The Hall–Kier alpha value is -2.33. The molecule has 0 fully saturated rings. The van der Waals surface area contributed by atoms with Gasteiger partial charge in [0.15, 0.2) is 6.61 Å². The molecular formula is C22H27NO3. The third kappa shape index (κ3) is 4.85. The summed E-state index contributed by atoms with van der Waals surface area (Å²) in [6, 6.07) is 17.1. The van der Waals surface area contributed by atoms with Gasteiger partial charge < -0.3 is 14.8 Å². The van der Waals surface area contributed by atoms with Gasteiger partial charge in [0.2, 0.25) is 0 Å². The Bertz CT molecular complexity index is 729. The van der Waals surface area contributed by atoms with Gasteiger partial charge in [0.1, 0.15) is 5.75 Å². The first kappa shape index (κ1) is 18.5. The molecular weight excluding hydrogens is 326 g/mol. The summed E-state index contributed by atoms with van der Waals surface area (Å²) >= 11 is 0. The van der Waals surface area contributed by atoms with Crippen molar-refractivity contribution in [2.75, 3.05) is 13.2 Å². The zero-order valence-electron chi connectivity index (χ0n) is 15.5. The van der Waals surface area contributed by atoms with Crippen LogP contribution in [-0.4, -0.2) is 25.2 Å². The first-order valence-corrected chi connectivity index (χ1v) is 9.33. The third-order valence-electron chi connectivity index (χ3n) is 4.92. The Balaban J connectivity index is 1.61. The minimum absolute atomic E-state index is 0.0429. The van der Waals surface area contributed by atoms with E-state index in [9.17, 15) is 4.79 Å². The van der Waals surface area contributed by atoms with Gasteiger partial charge in [-0.15, -0.1) is 0 Å². The van der Waals surface area contributed by atoms with E-state index >= 15 is 0 Å². The predicted molar refractivity (Wildman–Crippen MR) is 102 cm³/mol. The molecule has 0 heterocycles. The van der Waals surface area contributed by atoms with Gasteiger partial charge in [-0.25, -0.2) is 4.79 Å². The molecule has 2 aromatic rings. The highest BCUT2D eigenvalue weighted by Gasteiger charge is 2.25. The van der Waals surface area contributed by atoms with Crippen molar-refractivity contribution in [1.29, 1.82) is 0 Å². The average molecular weight is 353 g/mol. The zero-order chi connectivity index (χ0) is 18.4. The molecule has 138 valence electrons. The second-order valence-electron chi connectivity index (χ2n) is 6.88. The fourth-order valence-corrected chi connectivity index (χ4v) is 3.47. The second kappa shape index (κ2) is 8.86. The van der Waals surface area contributed by atoms with E-state index in [-0.39, 0.29) is 12.6 Å². The lowest BCUT2D eigenvalue weighted by Gasteiger charge is -2.32. The first-order chi connectivity index (χ1) is 12.7. The SMILES string of the molecule is CCOC(=O)COc1ccc2c(c1)C[C@@H](NCc1ccccc1)[C@@H](C)C2. The lowest BCUT2D eigenvalue weighted by atomic mass is 9.81. The molecule has 1 N–H and O–H groups in total. The summed E-state index contributed by atoms with van der Waals surface area (Å²) < 4.78 is 10.5. The monoisotopic (exact) mass is 353 g/mol. The molecule has 0 bridgehead atoms. The first-order valence-electron chi connectivity index (χ1n) is 9.33. The van der Waals surface area contributed by atoms with Crippen LogP contribution in [0.25, 0.3) is 0 Å². The molecule has 0 saturated heterocycles. The van der Waals surface area contributed by atoms with Gasteiger partial charge in [-0.2, -0.15) is 0 Å². The normalized spacial score (nSPS) is 18.8. The Kier molecular flexibility index (Phi) is 6.29. The Labute approximate surface area is 155 Å². The maximum Gasteiger partial charge on any atom is 0.344 e. The molecule has 0 spiro atoms. The van der Waals surface area contributed by atoms with Crippen LogP contribution in [0, 0.1) is 5.92 Å². The van der Waals surface area contributed by atoms with Gasteiger partial charge in [-0.3, -0.25) is 0 Å². The van der Waals surface area contributed by atoms with Crippen LogP contribution < -0.4 is 10.1 Å². The van der Waals surface area contributed by atoms with Crippen molar-refractivity contribution in [3.8, 4) is 5.75 Å². The van der Waals surface area contributed by atoms with Crippen LogP contribution in [0.5, 0.6) is 5.75 Å². The zero-order valence-corrected chi connectivity index (χ0v) is 15.5. The smallest absolute Gasteiger partial charge is 0.344 e. The number of esters is 1. The summed E-state index contributed by atoms with van der Waals surface area (Å²) in [5, 5.41) is 3.70. The lowest BCUT2D eigenvalue weighted by molar-refractivity contribution is -0.145. The van der Waals surface area contributed by atoms with Crippen LogP contribution >= 0.6 is 0 Å². The molecule has 0 radical (unpaired) electrons. The Morgan fingerprint density at radius 2 is 1.92 bits per heavy atom. The molecule has 3 rings (SSSR count). The van der Waals surface area contributed by atoms with Crippen molar-refractivity contribution < 1.29 is 14.3 Å². The fourth-order valence-electron chi connectivity index (χ4n) is 3.47. The number of carbonyl (C=O) groups excluding carboxylic acids is 1. The van der Waals surface area contributed by atoms with Gasteiger partial charge in [-0.1, -0.05) is 43.3 Å². The maximum atomic E-state index is 11.5. The van der Waals surface area contributed by atoms with E-state index in [1.54, 1.807) is 6.92 Å². The summed E-state index contributed by atoms with van der Waals surface area (Å²) in [5.74, 6) is 0.979. The van der Waals surface area contributed by atoms with Crippen LogP contribution in [0.15, 0.2) is 48.5 Å². The van der Waals surface area contributed by atoms with Gasteiger partial charge >= 0.3 is 5.97 Å². The molecule has 0 saturated carbocycles. The predicted octanol–water partition coefficient (Wildman–Crippen LogP) is 3.52. The minimum Gasteiger partial charge on any atom is -0.482 e. The van der Waals surface area contributed by atoms with Crippen molar-refractivity contribution in [3.05, 3.63) is 65.2 Å². The molecule has 1 aliphatic rings. The quantitative estimate of drug-likeness (QED) is 0.774. The van der Waals surface area contributed by atoms with E-state index in [1.807, 2.05) is 12.1 Å². The summed E-state index contributed by atoms with van der Waals surface area (Å²) in [6.07, 6.45) is 2.03. The van der Waals surface area contributed by atoms with Crippen LogP contribution in [0.3, 0.4) is 0 Å². The number of nitrogens with one attached hydrogen (secondary N) is 1. The van der Waals surface area contributed by atoms with Gasteiger partial charge in [0, 0.05) is 12.6 Å². The van der Waals surface area contributed by atoms with E-state index in [2.05, 4.69) is 48.6 Å². The molecule has 4 heteroatoms. The van der Waals surface area contributed by atoms with E-state index in [0.717, 1.165) is 25.1 Å². The summed E-state index contributed by atoms with van der Waals surface area (Å²) in [4.78, 5) is 11.5. The third-order valence-corrected chi connectivity index (χ3v) is 4.92. The van der Waals surface area contributed by atoms with E-state index in [1.165, 1.54) is 16.7 Å². The molecule has 0 unspecified atom stereocenters. The standard InChI is InChI=1S/C22H27NO3/c1-3-25-22(24)15-26-20-10-9-18-11-16(2)21(13-19(18)12-20)23-14-17-7-5-4-6-8-17/h4-10,12,16,21,23H,3,11,13-15H2,1-2H3/t16-,21+/m0/s1. The second-order valence-corrected chi connectivity index (χ2v) is 6.88. The van der Waals surface area contributed by atoms with E-state index in [4.69, 9.17) is 9.47 Å². The number of hydrogen-bond acceptors (Lipinski definition) is 4. The van der Waals surface area contributed by atoms with Gasteiger partial charge in [0.25, 0.3) is 0 Å². The molecule has 0 aromatic heterocycles. The van der Waals surface area contributed by atoms with Crippen LogP contribution in [0.4, 0.5) is 0 Å². The Morgan fingerprint density at radius 1 is 1.12 bits per heavy atom. The lowest BCUT2D eigenvalue weighted by Crippen LogP contribution is -2.40. The van der Waals surface area contributed by atoms with Gasteiger partial charge in [0.05, 0.1) is 6.61 Å². The highest BCUT2D eigenvalue weighted by atomic mass is 16.6. The van der Waals surface area contributed by atoms with Crippen molar-refractivity contribution in [1.82, 2.24) is 5.32 Å². The van der Waals surface area contributed by atoms with Crippen LogP contribution in [0.2, 0.25) is 0 Å². The number of benzene rings is 2. The fraction of sp³-hybridized carbons (Fsp3) is 0.409. The largest absolute Gasteiger partial charge is 0.482 e. The summed E-state index contributed by atoms with van der Waals surface area (Å²) in [5.41, 5.74) is 3.98. The molecule has 2 aromatic carbocycles. The highest BCUT2D eigenvalue weighted by molar-refractivity contribution is 5.71. The topological polar surface area (TPSA) is 47.6 Å².